The van der Waals surface area contributed by atoms with Gasteiger partial charge in [0.2, 0.25) is 0 Å². The van der Waals surface area contributed by atoms with Gasteiger partial charge in [-0.2, -0.15) is 0 Å². The molecule has 0 bridgehead atoms. The average molecular weight is 338 g/mol. The Bertz CT molecular complexity index is 988. The molecule has 6 heteroatoms. The van der Waals surface area contributed by atoms with Crippen molar-refractivity contribution in [2.45, 2.75) is 6.42 Å². The summed E-state index contributed by atoms with van der Waals surface area (Å²) in [6.45, 7) is 0. The van der Waals surface area contributed by atoms with Gasteiger partial charge >= 0.3 is 17.6 Å². The molecular weight excluding hydrogens is 324 g/mol. The molecular formula is C19H14O6. The number of ether oxygens (including phenoxy) is 2. The second-order valence-corrected chi connectivity index (χ2v) is 5.26. The molecule has 0 aliphatic carbocycles. The van der Waals surface area contributed by atoms with Gasteiger partial charge in [0.25, 0.3) is 0 Å². The lowest BCUT2D eigenvalue weighted by Crippen LogP contribution is -2.15. The number of methoxy groups -OCH3 is 1. The first-order valence-electron chi connectivity index (χ1n) is 7.47. The van der Waals surface area contributed by atoms with Crippen molar-refractivity contribution in [2.75, 3.05) is 7.11 Å². The van der Waals surface area contributed by atoms with Gasteiger partial charge in [0.15, 0.2) is 0 Å². The first-order valence-corrected chi connectivity index (χ1v) is 7.47. The molecule has 0 unspecified atom stereocenters. The predicted octanol–water partition coefficient (Wildman–Crippen LogP) is 2.73. The molecule has 25 heavy (non-hydrogen) atoms. The van der Waals surface area contributed by atoms with Crippen LogP contribution in [-0.2, 0) is 16.0 Å². The number of carbonyl (C=O) groups excluding carboxylic acids is 2. The van der Waals surface area contributed by atoms with Gasteiger partial charge in [-0.25, -0.2) is 9.59 Å². The smallest absolute Gasteiger partial charge is 0.345 e. The predicted molar refractivity (Wildman–Crippen MR) is 89.6 cm³/mol. The molecule has 1 aromatic heterocycles. The summed E-state index contributed by atoms with van der Waals surface area (Å²) in [5.41, 5.74) is 0.389. The summed E-state index contributed by atoms with van der Waals surface area (Å²) in [6.07, 6.45) is -0.229. The Morgan fingerprint density at radius 1 is 1.04 bits per heavy atom. The normalized spacial score (nSPS) is 10.4. The average Bonchev–Trinajstić information content (AvgIpc) is 2.61. The van der Waals surface area contributed by atoms with E-state index in [-0.39, 0.29) is 12.0 Å². The van der Waals surface area contributed by atoms with Gasteiger partial charge in [-0.3, -0.25) is 4.79 Å². The highest BCUT2D eigenvalue weighted by Crippen LogP contribution is 2.23. The standard InChI is InChI=1S/C19H14O6/c1-23-14-7-8-15-13(9-17(20)24-16(15)11-14)10-18(21)25-19(22)12-5-3-2-4-6-12/h2-9,11H,10H2,1H3. The van der Waals surface area contributed by atoms with Gasteiger partial charge in [-0.1, -0.05) is 18.2 Å². The van der Waals surface area contributed by atoms with Crippen LogP contribution in [0.2, 0.25) is 0 Å². The molecule has 0 aliphatic heterocycles. The monoisotopic (exact) mass is 338 g/mol. The highest BCUT2D eigenvalue weighted by molar-refractivity contribution is 5.98. The zero-order valence-electron chi connectivity index (χ0n) is 13.4. The fourth-order valence-corrected chi connectivity index (χ4v) is 2.41. The fraction of sp³-hybridized carbons (Fsp3) is 0.105. The van der Waals surface area contributed by atoms with Gasteiger partial charge < -0.3 is 13.9 Å². The summed E-state index contributed by atoms with van der Waals surface area (Å²) in [6, 6.07) is 14.3. The first kappa shape index (κ1) is 16.4. The third-order valence-corrected chi connectivity index (χ3v) is 3.59. The van der Waals surface area contributed by atoms with Crippen molar-refractivity contribution in [3.63, 3.8) is 0 Å². The van der Waals surface area contributed by atoms with Crippen LogP contribution in [-0.4, -0.2) is 19.0 Å². The number of hydrogen-bond acceptors (Lipinski definition) is 6. The molecule has 2 aromatic carbocycles. The van der Waals surface area contributed by atoms with Crippen LogP contribution < -0.4 is 10.4 Å². The summed E-state index contributed by atoms with van der Waals surface area (Å²) in [5.74, 6) is -0.967. The molecule has 0 spiro atoms. The number of rotatable bonds is 4. The molecule has 0 saturated carbocycles. The SMILES string of the molecule is COc1ccc2c(CC(=O)OC(=O)c3ccccc3)cc(=O)oc2c1. The maximum atomic E-state index is 12.1. The molecule has 0 aliphatic rings. The van der Waals surface area contributed by atoms with Crippen molar-refractivity contribution in [2.24, 2.45) is 0 Å². The summed E-state index contributed by atoms with van der Waals surface area (Å²) in [7, 11) is 1.50. The van der Waals surface area contributed by atoms with Crippen molar-refractivity contribution in [3.8, 4) is 5.75 Å². The minimum absolute atomic E-state index is 0.229. The molecule has 3 rings (SSSR count). The Morgan fingerprint density at radius 2 is 1.80 bits per heavy atom. The minimum Gasteiger partial charge on any atom is -0.497 e. The van der Waals surface area contributed by atoms with E-state index in [0.29, 0.717) is 22.3 Å². The molecule has 0 saturated heterocycles. The summed E-state index contributed by atoms with van der Waals surface area (Å²) in [5, 5.41) is 0.574. The number of fused-ring (bicyclic) bond motifs is 1. The zero-order valence-corrected chi connectivity index (χ0v) is 13.4. The van der Waals surface area contributed by atoms with E-state index in [0.717, 1.165) is 0 Å². The molecule has 126 valence electrons. The highest BCUT2D eigenvalue weighted by Gasteiger charge is 2.16. The topological polar surface area (TPSA) is 82.8 Å². The van der Waals surface area contributed by atoms with Crippen molar-refractivity contribution in [1.29, 1.82) is 0 Å². The molecule has 6 nitrogen and oxygen atoms in total. The molecule has 0 fully saturated rings. The van der Waals surface area contributed by atoms with E-state index >= 15 is 0 Å². The molecule has 0 amide bonds. The largest absolute Gasteiger partial charge is 0.497 e. The van der Waals surface area contributed by atoms with E-state index in [1.54, 1.807) is 48.5 Å². The quantitative estimate of drug-likeness (QED) is 0.413. The van der Waals surface area contributed by atoms with E-state index in [9.17, 15) is 14.4 Å². The summed E-state index contributed by atoms with van der Waals surface area (Å²) in [4.78, 5) is 35.7. The van der Waals surface area contributed by atoms with Gasteiger partial charge in [-0.05, 0) is 29.8 Å². The molecule has 0 atom stereocenters. The highest BCUT2D eigenvalue weighted by atomic mass is 16.6. The van der Waals surface area contributed by atoms with Crippen LogP contribution in [0.15, 0.2) is 63.8 Å². The van der Waals surface area contributed by atoms with E-state index in [1.165, 1.54) is 13.2 Å². The van der Waals surface area contributed by atoms with Crippen LogP contribution in [0.1, 0.15) is 15.9 Å². The number of carbonyl (C=O) groups is 2. The van der Waals surface area contributed by atoms with Crippen LogP contribution in [0.3, 0.4) is 0 Å². The Labute approximate surface area is 142 Å². The van der Waals surface area contributed by atoms with E-state index < -0.39 is 17.6 Å². The Balaban J connectivity index is 1.83. The van der Waals surface area contributed by atoms with Crippen molar-refractivity contribution < 1.29 is 23.5 Å². The molecule has 0 radical (unpaired) electrons. The summed E-state index contributed by atoms with van der Waals surface area (Å²) >= 11 is 0. The van der Waals surface area contributed by atoms with E-state index in [1.807, 2.05) is 0 Å². The van der Waals surface area contributed by atoms with Gasteiger partial charge in [0.1, 0.15) is 11.3 Å². The third-order valence-electron chi connectivity index (χ3n) is 3.59. The maximum Gasteiger partial charge on any atom is 0.345 e. The fourth-order valence-electron chi connectivity index (χ4n) is 2.41. The minimum atomic E-state index is -0.753. The number of hydrogen-bond donors (Lipinski definition) is 0. The second-order valence-electron chi connectivity index (χ2n) is 5.26. The van der Waals surface area contributed by atoms with Crippen LogP contribution in [0, 0.1) is 0 Å². The molecule has 1 heterocycles. The van der Waals surface area contributed by atoms with Gasteiger partial charge in [0.05, 0.1) is 19.1 Å². The Morgan fingerprint density at radius 3 is 2.52 bits per heavy atom. The lowest BCUT2D eigenvalue weighted by Gasteiger charge is -2.07. The molecule has 3 aromatic rings. The van der Waals surface area contributed by atoms with Crippen molar-refractivity contribution in [1.82, 2.24) is 0 Å². The number of benzene rings is 2. The van der Waals surface area contributed by atoms with Gasteiger partial charge in [-0.15, -0.1) is 0 Å². The Hall–Kier alpha value is -3.41. The second kappa shape index (κ2) is 7.00. The van der Waals surface area contributed by atoms with E-state index in [4.69, 9.17) is 13.9 Å². The molecule has 0 N–H and O–H groups in total. The van der Waals surface area contributed by atoms with Crippen LogP contribution in [0.5, 0.6) is 5.75 Å². The van der Waals surface area contributed by atoms with Gasteiger partial charge in [0, 0.05) is 17.5 Å². The summed E-state index contributed by atoms with van der Waals surface area (Å²) < 4.78 is 15.0. The van der Waals surface area contributed by atoms with Crippen molar-refractivity contribution >= 4 is 22.9 Å². The van der Waals surface area contributed by atoms with Crippen molar-refractivity contribution in [3.05, 3.63) is 76.1 Å². The first-order chi connectivity index (χ1) is 12.1. The lowest BCUT2D eigenvalue weighted by atomic mass is 10.1. The third kappa shape index (κ3) is 3.74. The van der Waals surface area contributed by atoms with Crippen LogP contribution in [0.4, 0.5) is 0 Å². The number of esters is 2. The zero-order chi connectivity index (χ0) is 17.8. The Kier molecular flexibility index (Phi) is 4.61. The van der Waals surface area contributed by atoms with Crippen LogP contribution in [0.25, 0.3) is 11.0 Å². The van der Waals surface area contributed by atoms with Crippen LogP contribution >= 0.6 is 0 Å². The maximum absolute atomic E-state index is 12.1. The lowest BCUT2D eigenvalue weighted by molar-refractivity contribution is -0.137. The van der Waals surface area contributed by atoms with E-state index in [2.05, 4.69) is 0 Å².